The van der Waals surface area contributed by atoms with Crippen LogP contribution >= 0.6 is 11.8 Å². The highest BCUT2D eigenvalue weighted by atomic mass is 32.2. The molecular weight excluding hydrogens is 396 g/mol. The molecule has 2 aromatic rings. The van der Waals surface area contributed by atoms with E-state index in [1.165, 1.54) is 11.8 Å². The summed E-state index contributed by atoms with van der Waals surface area (Å²) in [6.45, 7) is 3.31. The molecule has 29 heavy (non-hydrogen) atoms. The molecule has 1 fully saturated rings. The van der Waals surface area contributed by atoms with Gasteiger partial charge in [0.05, 0.1) is 29.6 Å². The van der Waals surface area contributed by atoms with Crippen molar-refractivity contribution in [1.29, 1.82) is 0 Å². The van der Waals surface area contributed by atoms with Gasteiger partial charge in [-0.15, -0.1) is 0 Å². The first-order valence-corrected chi connectivity index (χ1v) is 10.2. The van der Waals surface area contributed by atoms with Crippen LogP contribution in [0.3, 0.4) is 0 Å². The largest absolute Gasteiger partial charge is 0.455 e. The van der Waals surface area contributed by atoms with Gasteiger partial charge in [-0.05, 0) is 19.1 Å². The molecule has 2 heterocycles. The van der Waals surface area contributed by atoms with Crippen molar-refractivity contribution in [3.63, 3.8) is 0 Å². The molecule has 0 radical (unpaired) electrons. The van der Waals surface area contributed by atoms with Crippen molar-refractivity contribution >= 4 is 40.8 Å². The molecule has 1 saturated heterocycles. The Hall–Kier alpha value is -2.88. The number of carbonyl (C=O) groups is 3. The first kappa shape index (κ1) is 20.8. The van der Waals surface area contributed by atoms with Gasteiger partial charge in [-0.2, -0.15) is 0 Å². The third-order valence-corrected chi connectivity index (χ3v) is 5.15. The van der Waals surface area contributed by atoms with Crippen LogP contribution in [-0.2, 0) is 19.1 Å². The number of para-hydroxylation sites is 2. The molecule has 3 rings (SSSR count). The Bertz CT molecular complexity index is 886. The fourth-order valence-corrected chi connectivity index (χ4v) is 3.41. The Labute approximate surface area is 172 Å². The zero-order valence-electron chi connectivity index (χ0n) is 16.1. The van der Waals surface area contributed by atoms with Crippen molar-refractivity contribution in [1.82, 2.24) is 19.8 Å². The number of rotatable bonds is 6. The van der Waals surface area contributed by atoms with Crippen LogP contribution < -0.4 is 0 Å². The van der Waals surface area contributed by atoms with Gasteiger partial charge in [-0.25, -0.2) is 9.78 Å². The topological polar surface area (TPSA) is 102 Å². The van der Waals surface area contributed by atoms with Crippen LogP contribution in [-0.4, -0.2) is 82.9 Å². The molecule has 1 aliphatic rings. The molecule has 1 aromatic carbocycles. The number of piperazine rings is 1. The minimum atomic E-state index is -0.497. The standard InChI is InChI=1S/C19H22N4O5S/c1-2-27-19(26)23-9-7-22(8-10-23)17(24)12-28-18(25)13-29-16-11-20-14-5-3-4-6-15(14)21-16/h3-6,11H,2,7-10,12-13H2,1H3. The Balaban J connectivity index is 1.39. The summed E-state index contributed by atoms with van der Waals surface area (Å²) in [5.41, 5.74) is 1.54. The lowest BCUT2D eigenvalue weighted by Crippen LogP contribution is -2.51. The number of hydrogen-bond acceptors (Lipinski definition) is 8. The van der Waals surface area contributed by atoms with Gasteiger partial charge in [-0.3, -0.25) is 14.6 Å². The van der Waals surface area contributed by atoms with Gasteiger partial charge in [0, 0.05) is 26.2 Å². The van der Waals surface area contributed by atoms with E-state index in [0.29, 0.717) is 37.8 Å². The lowest BCUT2D eigenvalue weighted by Gasteiger charge is -2.33. The molecule has 0 atom stereocenters. The number of carbonyl (C=O) groups excluding carboxylic acids is 3. The highest BCUT2D eigenvalue weighted by Gasteiger charge is 2.25. The quantitative estimate of drug-likeness (QED) is 0.515. The van der Waals surface area contributed by atoms with Crippen LogP contribution in [0.5, 0.6) is 0 Å². The highest BCUT2D eigenvalue weighted by molar-refractivity contribution is 7.99. The maximum absolute atomic E-state index is 12.2. The maximum Gasteiger partial charge on any atom is 0.409 e. The third kappa shape index (κ3) is 5.80. The van der Waals surface area contributed by atoms with E-state index in [1.807, 2.05) is 24.3 Å². The van der Waals surface area contributed by atoms with Crippen LogP contribution in [0.1, 0.15) is 6.92 Å². The van der Waals surface area contributed by atoms with E-state index >= 15 is 0 Å². The van der Waals surface area contributed by atoms with Gasteiger partial charge in [-0.1, -0.05) is 23.9 Å². The normalized spacial score (nSPS) is 14.0. The van der Waals surface area contributed by atoms with Gasteiger partial charge >= 0.3 is 12.1 Å². The minimum absolute atomic E-state index is 0.0386. The van der Waals surface area contributed by atoms with Gasteiger partial charge in [0.15, 0.2) is 6.61 Å². The summed E-state index contributed by atoms with van der Waals surface area (Å²) >= 11 is 1.21. The van der Waals surface area contributed by atoms with Crippen LogP contribution in [0.15, 0.2) is 35.5 Å². The number of thioether (sulfide) groups is 1. The number of amides is 2. The Kier molecular flexibility index (Phi) is 7.23. The molecule has 0 saturated carbocycles. The third-order valence-electron chi connectivity index (χ3n) is 4.28. The van der Waals surface area contributed by atoms with Gasteiger partial charge < -0.3 is 19.3 Å². The Morgan fingerprint density at radius 2 is 1.72 bits per heavy atom. The van der Waals surface area contributed by atoms with E-state index in [2.05, 4.69) is 9.97 Å². The van der Waals surface area contributed by atoms with E-state index in [1.54, 1.807) is 22.9 Å². The number of hydrogen-bond donors (Lipinski definition) is 0. The summed E-state index contributed by atoms with van der Waals surface area (Å²) in [6.07, 6.45) is 1.23. The fourth-order valence-electron chi connectivity index (χ4n) is 2.77. The molecule has 10 heteroatoms. The van der Waals surface area contributed by atoms with Crippen molar-refractivity contribution in [2.24, 2.45) is 0 Å². The van der Waals surface area contributed by atoms with Gasteiger partial charge in [0.25, 0.3) is 5.91 Å². The highest BCUT2D eigenvalue weighted by Crippen LogP contribution is 2.17. The molecule has 0 aliphatic carbocycles. The average Bonchev–Trinajstić information content (AvgIpc) is 2.76. The summed E-state index contributed by atoms with van der Waals surface area (Å²) in [6, 6.07) is 7.47. The second-order valence-electron chi connectivity index (χ2n) is 6.21. The number of ether oxygens (including phenoxy) is 2. The molecule has 1 aliphatic heterocycles. The number of benzene rings is 1. The Morgan fingerprint density at radius 3 is 2.45 bits per heavy atom. The van der Waals surface area contributed by atoms with Crippen molar-refractivity contribution in [3.8, 4) is 0 Å². The summed E-state index contributed by atoms with van der Waals surface area (Å²) < 4.78 is 10.0. The van der Waals surface area contributed by atoms with Crippen molar-refractivity contribution in [3.05, 3.63) is 30.5 Å². The average molecular weight is 418 g/mol. The van der Waals surface area contributed by atoms with E-state index in [-0.39, 0.29) is 24.4 Å². The molecule has 0 unspecified atom stereocenters. The molecule has 2 amide bonds. The predicted octanol–water partition coefficient (Wildman–Crippen LogP) is 1.57. The van der Waals surface area contributed by atoms with E-state index < -0.39 is 5.97 Å². The number of fused-ring (bicyclic) bond motifs is 1. The zero-order valence-corrected chi connectivity index (χ0v) is 16.9. The maximum atomic E-state index is 12.2. The smallest absolute Gasteiger partial charge is 0.409 e. The number of nitrogens with zero attached hydrogens (tertiary/aromatic N) is 4. The van der Waals surface area contributed by atoms with Crippen molar-refractivity contribution in [2.75, 3.05) is 45.1 Å². The fraction of sp³-hybridized carbons (Fsp3) is 0.421. The molecule has 9 nitrogen and oxygen atoms in total. The summed E-state index contributed by atoms with van der Waals surface area (Å²) in [7, 11) is 0. The summed E-state index contributed by atoms with van der Waals surface area (Å²) in [5, 5.41) is 0.613. The van der Waals surface area contributed by atoms with Gasteiger partial charge in [0.1, 0.15) is 5.03 Å². The first-order valence-electron chi connectivity index (χ1n) is 9.26. The van der Waals surface area contributed by atoms with E-state index in [0.717, 1.165) is 11.0 Å². The van der Waals surface area contributed by atoms with Crippen LogP contribution in [0.25, 0.3) is 11.0 Å². The lowest BCUT2D eigenvalue weighted by molar-refractivity contribution is -0.150. The van der Waals surface area contributed by atoms with Crippen molar-refractivity contribution in [2.45, 2.75) is 11.9 Å². The SMILES string of the molecule is CCOC(=O)N1CCN(C(=O)COC(=O)CSc2cnc3ccccc3n2)CC1. The molecule has 1 aromatic heterocycles. The first-order chi connectivity index (χ1) is 14.1. The molecule has 0 spiro atoms. The zero-order chi connectivity index (χ0) is 20.6. The predicted molar refractivity (Wildman–Crippen MR) is 106 cm³/mol. The second-order valence-corrected chi connectivity index (χ2v) is 7.21. The molecule has 0 bridgehead atoms. The Morgan fingerprint density at radius 1 is 1.03 bits per heavy atom. The monoisotopic (exact) mass is 418 g/mol. The summed E-state index contributed by atoms with van der Waals surface area (Å²) in [5.74, 6) is -0.738. The molecular formula is C19H22N4O5S. The molecule has 154 valence electrons. The lowest BCUT2D eigenvalue weighted by atomic mass is 10.3. The minimum Gasteiger partial charge on any atom is -0.455 e. The van der Waals surface area contributed by atoms with E-state index in [4.69, 9.17) is 9.47 Å². The number of esters is 1. The van der Waals surface area contributed by atoms with E-state index in [9.17, 15) is 14.4 Å². The second kappa shape index (κ2) is 10.1. The van der Waals surface area contributed by atoms with Gasteiger partial charge in [0.2, 0.25) is 0 Å². The number of aromatic nitrogens is 2. The van der Waals surface area contributed by atoms with Crippen LogP contribution in [0, 0.1) is 0 Å². The van der Waals surface area contributed by atoms with Crippen molar-refractivity contribution < 1.29 is 23.9 Å². The summed E-state index contributed by atoms with van der Waals surface area (Å²) in [4.78, 5) is 47.7. The van der Waals surface area contributed by atoms with Crippen LogP contribution in [0.4, 0.5) is 4.79 Å². The van der Waals surface area contributed by atoms with Crippen LogP contribution in [0.2, 0.25) is 0 Å². The molecule has 0 N–H and O–H groups in total.